The van der Waals surface area contributed by atoms with Gasteiger partial charge in [0.2, 0.25) is 0 Å². The molecule has 0 radical (unpaired) electrons. The summed E-state index contributed by atoms with van der Waals surface area (Å²) in [5.74, 6) is -0.119. The fraction of sp³-hybridized carbons (Fsp3) is 0.896. The zero-order valence-corrected chi connectivity index (χ0v) is 51.0. The molecular weight excluding hydrogens is 931 g/mol. The van der Waals surface area contributed by atoms with E-state index in [2.05, 4.69) is 71.3 Å². The number of hydrogen-bond acceptors (Lipinski definition) is 7. The summed E-state index contributed by atoms with van der Waals surface area (Å²) in [6, 6.07) is 0. The van der Waals surface area contributed by atoms with E-state index in [0.29, 0.717) is 59.3 Å². The molecule has 0 aromatic heterocycles. The van der Waals surface area contributed by atoms with Crippen molar-refractivity contribution in [1.82, 2.24) is 0 Å². The predicted octanol–water partition coefficient (Wildman–Crippen LogP) is 19.2. The Labute approximate surface area is 468 Å². The van der Waals surface area contributed by atoms with Crippen molar-refractivity contribution in [3.05, 3.63) is 36.5 Å². The first kappa shape index (κ1) is 73.5. The summed E-state index contributed by atoms with van der Waals surface area (Å²) in [5.41, 5.74) is 0. The summed E-state index contributed by atoms with van der Waals surface area (Å²) >= 11 is 0. The lowest BCUT2D eigenvalue weighted by Gasteiger charge is -2.33. The van der Waals surface area contributed by atoms with Crippen LogP contribution in [-0.4, -0.2) is 110 Å². The Balaban J connectivity index is 4.19. The molecule has 444 valence electrons. The third-order valence-corrected chi connectivity index (χ3v) is 14.5. The van der Waals surface area contributed by atoms with Crippen molar-refractivity contribution in [3.8, 4) is 0 Å². The minimum absolute atomic E-state index is 0.0843. The van der Waals surface area contributed by atoms with E-state index in [1.165, 1.54) is 238 Å². The molecule has 0 N–H and O–H groups in total. The Hall–Kier alpha value is -1.55. The van der Waals surface area contributed by atoms with Gasteiger partial charge in [-0.05, 0) is 96.3 Å². The molecule has 75 heavy (non-hydrogen) atoms. The molecule has 0 fully saturated rings. The van der Waals surface area contributed by atoms with E-state index in [-0.39, 0.29) is 12.1 Å². The van der Waals surface area contributed by atoms with E-state index in [1.807, 2.05) is 0 Å². The first-order chi connectivity index (χ1) is 36.9. The van der Waals surface area contributed by atoms with E-state index < -0.39 is 0 Å². The lowest BCUT2D eigenvalue weighted by atomic mass is 10.1. The zero-order chi connectivity index (χ0) is 54.3. The Morgan fingerprint density at radius 1 is 0.347 bits per heavy atom. The third kappa shape index (κ3) is 63.2. The van der Waals surface area contributed by atoms with Crippen LogP contribution < -0.4 is 0 Å². The highest BCUT2D eigenvalue weighted by Gasteiger charge is 2.23. The third-order valence-electron chi connectivity index (χ3n) is 14.5. The summed E-state index contributed by atoms with van der Waals surface area (Å²) in [4.78, 5) is 12.1. The number of likely N-dealkylation sites (N-methyl/N-ethyl adjacent to an activating group) is 1. The minimum Gasteiger partial charge on any atom is -0.463 e. The Morgan fingerprint density at radius 3 is 1.07 bits per heavy atom. The smallest absolute Gasteiger partial charge is 0.305 e. The number of carbonyl (C=O) groups is 1. The van der Waals surface area contributed by atoms with Gasteiger partial charge in [0.25, 0.3) is 0 Å². The molecule has 0 rings (SSSR count). The van der Waals surface area contributed by atoms with Crippen LogP contribution in [0.4, 0.5) is 0 Å². The van der Waals surface area contributed by atoms with Gasteiger partial charge in [-0.2, -0.15) is 0 Å². The highest BCUT2D eigenvalue weighted by molar-refractivity contribution is 5.69. The number of quaternary nitrogens is 1. The van der Waals surface area contributed by atoms with Crippen molar-refractivity contribution >= 4 is 5.97 Å². The van der Waals surface area contributed by atoms with Crippen molar-refractivity contribution in [2.45, 2.75) is 297 Å². The largest absolute Gasteiger partial charge is 0.463 e. The summed E-state index contributed by atoms with van der Waals surface area (Å²) in [7, 11) is 4.55. The Kier molecular flexibility index (Phi) is 62.0. The number of rotatable bonds is 64. The molecule has 1 unspecified atom stereocenters. The molecule has 0 saturated heterocycles. The molecule has 0 aliphatic carbocycles. The van der Waals surface area contributed by atoms with E-state index in [9.17, 15) is 4.79 Å². The number of esters is 1. The number of allylic oxidation sites excluding steroid dienone is 6. The van der Waals surface area contributed by atoms with E-state index in [4.69, 9.17) is 28.4 Å². The van der Waals surface area contributed by atoms with Gasteiger partial charge in [-0.3, -0.25) is 4.79 Å². The van der Waals surface area contributed by atoms with Gasteiger partial charge < -0.3 is 32.9 Å². The highest BCUT2D eigenvalue weighted by atomic mass is 16.6. The van der Waals surface area contributed by atoms with E-state index in [1.54, 1.807) is 0 Å². The fourth-order valence-electron chi connectivity index (χ4n) is 9.54. The number of carbonyl (C=O) groups excluding carboxylic acids is 1. The van der Waals surface area contributed by atoms with Gasteiger partial charge in [-0.1, -0.05) is 224 Å². The second-order valence-corrected chi connectivity index (χ2v) is 22.7. The molecule has 0 aliphatic rings. The van der Waals surface area contributed by atoms with Gasteiger partial charge in [0.05, 0.1) is 60.3 Å². The maximum atomic E-state index is 12.1. The predicted molar refractivity (Wildman–Crippen MR) is 324 cm³/mol. The monoisotopic (exact) mass is 1060 g/mol. The minimum atomic E-state index is -0.119. The van der Waals surface area contributed by atoms with Crippen LogP contribution in [0.5, 0.6) is 0 Å². The average molecular weight is 1060 g/mol. The number of unbranched alkanes of at least 4 members (excludes halogenated alkanes) is 35. The van der Waals surface area contributed by atoms with Crippen LogP contribution in [0.25, 0.3) is 0 Å². The Bertz CT molecular complexity index is 1190. The molecule has 0 spiro atoms. The van der Waals surface area contributed by atoms with Crippen LogP contribution in [0.1, 0.15) is 290 Å². The highest BCUT2D eigenvalue weighted by Crippen LogP contribution is 2.15. The van der Waals surface area contributed by atoms with Crippen molar-refractivity contribution in [3.63, 3.8) is 0 Å². The number of hydrogen-bond donors (Lipinski definition) is 0. The molecule has 8 nitrogen and oxygen atoms in total. The normalized spacial score (nSPS) is 12.7. The molecule has 0 heterocycles. The van der Waals surface area contributed by atoms with Crippen LogP contribution in [0.15, 0.2) is 36.5 Å². The van der Waals surface area contributed by atoms with Crippen molar-refractivity contribution in [2.75, 3.05) is 93.3 Å². The van der Waals surface area contributed by atoms with Gasteiger partial charge in [-0.15, -0.1) is 0 Å². The summed E-state index contributed by atoms with van der Waals surface area (Å²) in [6.07, 6.45) is 68.2. The number of nitrogens with zero attached hydrogens (tertiary/aromatic N) is 1. The molecule has 8 heteroatoms. The molecule has 0 aliphatic heterocycles. The molecular formula is C67H130NO7+. The summed E-state index contributed by atoms with van der Waals surface area (Å²) < 4.78 is 36.4. The van der Waals surface area contributed by atoms with Gasteiger partial charge in [0.15, 0.2) is 0 Å². The zero-order valence-electron chi connectivity index (χ0n) is 51.0. The van der Waals surface area contributed by atoms with Crippen LogP contribution in [0.2, 0.25) is 0 Å². The van der Waals surface area contributed by atoms with Crippen LogP contribution in [0, 0.1) is 0 Å². The van der Waals surface area contributed by atoms with Crippen molar-refractivity contribution < 1.29 is 37.7 Å². The summed E-state index contributed by atoms with van der Waals surface area (Å²) in [5, 5.41) is 0. The average Bonchev–Trinajstić information content (AvgIpc) is 3.40. The molecule has 0 amide bonds. The molecule has 0 aromatic carbocycles. The Morgan fingerprint density at radius 2 is 0.667 bits per heavy atom. The standard InChI is InChI=1S/C67H130NO7/c1-6-9-12-15-18-21-24-27-30-33-36-39-42-45-48-51-55-73-65-66(74-56-52-49-46-43-40-37-34-31-28-25-22-19-16-13-10-7-2)64-68(4,5)54-57-70-58-59-71-60-61-72-62-63-75-67(69)53-50-47-44-41-38-35-32-29-26-23-20-17-14-11-8-3/h27-32,66H,6-26,33-65H2,1-5H3/q+1/b30-27-,31-28-,32-29?. The number of ether oxygens (including phenoxy) is 6. The van der Waals surface area contributed by atoms with E-state index >= 15 is 0 Å². The molecule has 1 atom stereocenters. The van der Waals surface area contributed by atoms with E-state index in [0.717, 1.165) is 56.5 Å². The van der Waals surface area contributed by atoms with Gasteiger partial charge in [0, 0.05) is 19.6 Å². The van der Waals surface area contributed by atoms with Crippen LogP contribution >= 0.6 is 0 Å². The maximum absolute atomic E-state index is 12.1. The van der Waals surface area contributed by atoms with Crippen molar-refractivity contribution in [2.24, 2.45) is 0 Å². The lowest BCUT2D eigenvalue weighted by molar-refractivity contribution is -0.894. The van der Waals surface area contributed by atoms with Crippen molar-refractivity contribution in [1.29, 1.82) is 0 Å². The molecule has 0 saturated carbocycles. The van der Waals surface area contributed by atoms with Crippen LogP contribution in [-0.2, 0) is 33.2 Å². The maximum Gasteiger partial charge on any atom is 0.305 e. The summed E-state index contributed by atoms with van der Waals surface area (Å²) in [6.45, 7) is 14.4. The first-order valence-corrected chi connectivity index (χ1v) is 32.8. The lowest BCUT2D eigenvalue weighted by Crippen LogP contribution is -2.49. The molecule has 0 bridgehead atoms. The quantitative estimate of drug-likeness (QED) is 0.0260. The first-order valence-electron chi connectivity index (χ1n) is 32.8. The topological polar surface area (TPSA) is 72.5 Å². The molecule has 0 aromatic rings. The second-order valence-electron chi connectivity index (χ2n) is 22.7. The SMILES string of the molecule is CCCCCCCCC=CCCCCCCCC(=O)OCCOCCOCCOCC[N+](C)(C)CC(COCCCCCCCC/C=C\CCCCCCCC)OCCCCCCCC/C=C\CCCCCCCC. The van der Waals surface area contributed by atoms with Gasteiger partial charge >= 0.3 is 5.97 Å². The van der Waals surface area contributed by atoms with Gasteiger partial charge in [-0.25, -0.2) is 0 Å². The van der Waals surface area contributed by atoms with Gasteiger partial charge in [0.1, 0.15) is 25.8 Å². The van der Waals surface area contributed by atoms with Crippen LogP contribution in [0.3, 0.4) is 0 Å². The second kappa shape index (κ2) is 63.3. The fourth-order valence-corrected chi connectivity index (χ4v) is 9.54.